The van der Waals surface area contributed by atoms with E-state index in [1.807, 2.05) is 0 Å². The van der Waals surface area contributed by atoms with Gasteiger partial charge in [-0.25, -0.2) is 13.2 Å². The molecule has 136 valence electrons. The highest BCUT2D eigenvalue weighted by atomic mass is 32.2. The number of carboxylic acid groups (broad SMARTS) is 1. The predicted molar refractivity (Wildman–Crippen MR) is 96.0 cm³/mol. The second-order valence-corrected chi connectivity index (χ2v) is 8.47. The number of rotatable bonds is 4. The summed E-state index contributed by atoms with van der Waals surface area (Å²) in [4.78, 5) is 25.7. The van der Waals surface area contributed by atoms with Crippen LogP contribution in [0.5, 0.6) is 0 Å². The van der Waals surface area contributed by atoms with Gasteiger partial charge in [0.25, 0.3) is 5.91 Å². The fraction of sp³-hybridized carbons (Fsp3) is 0.263. The summed E-state index contributed by atoms with van der Waals surface area (Å²) in [5, 5.41) is 9.12. The average Bonchev–Trinajstić information content (AvgIpc) is 2.66. The zero-order chi connectivity index (χ0) is 18.9. The number of benzene rings is 2. The van der Waals surface area contributed by atoms with Gasteiger partial charge in [0.2, 0.25) is 0 Å². The van der Waals surface area contributed by atoms with E-state index in [4.69, 9.17) is 5.11 Å². The lowest BCUT2D eigenvalue weighted by atomic mass is 9.97. The van der Waals surface area contributed by atoms with E-state index in [2.05, 4.69) is 0 Å². The van der Waals surface area contributed by atoms with E-state index in [1.165, 1.54) is 24.3 Å². The average molecular weight is 373 g/mol. The van der Waals surface area contributed by atoms with Crippen LogP contribution in [0.4, 0.5) is 0 Å². The number of carbonyl (C=O) groups excluding carboxylic acids is 1. The summed E-state index contributed by atoms with van der Waals surface area (Å²) >= 11 is 0. The van der Waals surface area contributed by atoms with Crippen LogP contribution in [-0.2, 0) is 22.8 Å². The standard InChI is InChI=1S/C19H19NO5S/c1-2-26(24,25)17-7-5-14(6-8-17)18(21)20-10-9-13-3-4-15(19(22)23)11-16(13)12-20/h3-8,11H,2,9-10,12H2,1H3,(H,22,23). The quantitative estimate of drug-likeness (QED) is 0.888. The van der Waals surface area contributed by atoms with Crippen LogP contribution in [-0.4, -0.2) is 42.6 Å². The van der Waals surface area contributed by atoms with E-state index < -0.39 is 15.8 Å². The van der Waals surface area contributed by atoms with E-state index >= 15 is 0 Å². The Morgan fingerprint density at radius 1 is 1.04 bits per heavy atom. The maximum absolute atomic E-state index is 12.7. The Hall–Kier alpha value is -2.67. The molecule has 0 bridgehead atoms. The number of aromatic carboxylic acids is 1. The Kier molecular flexibility index (Phi) is 4.82. The minimum Gasteiger partial charge on any atom is -0.478 e. The highest BCUT2D eigenvalue weighted by Gasteiger charge is 2.23. The molecule has 7 heteroatoms. The maximum atomic E-state index is 12.7. The van der Waals surface area contributed by atoms with Crippen molar-refractivity contribution in [1.29, 1.82) is 0 Å². The van der Waals surface area contributed by atoms with Gasteiger partial charge in [0.1, 0.15) is 0 Å². The summed E-state index contributed by atoms with van der Waals surface area (Å²) in [6, 6.07) is 10.9. The first kappa shape index (κ1) is 18.1. The Morgan fingerprint density at radius 3 is 2.31 bits per heavy atom. The minimum absolute atomic E-state index is 0.00904. The lowest BCUT2D eigenvalue weighted by molar-refractivity contribution is 0.0696. The van der Waals surface area contributed by atoms with Gasteiger partial charge < -0.3 is 10.0 Å². The zero-order valence-electron chi connectivity index (χ0n) is 14.3. The zero-order valence-corrected chi connectivity index (χ0v) is 15.1. The molecule has 0 aromatic heterocycles. The first-order valence-corrected chi connectivity index (χ1v) is 9.94. The molecule has 0 atom stereocenters. The van der Waals surface area contributed by atoms with Crippen LogP contribution in [0.25, 0.3) is 0 Å². The Morgan fingerprint density at radius 2 is 1.69 bits per heavy atom. The molecule has 0 radical (unpaired) electrons. The van der Waals surface area contributed by atoms with Gasteiger partial charge in [0.05, 0.1) is 16.2 Å². The van der Waals surface area contributed by atoms with Gasteiger partial charge >= 0.3 is 5.97 Å². The molecule has 1 aliphatic heterocycles. The van der Waals surface area contributed by atoms with Crippen LogP contribution in [0.2, 0.25) is 0 Å². The van der Waals surface area contributed by atoms with Gasteiger partial charge in [-0.05, 0) is 53.9 Å². The molecule has 0 spiro atoms. The van der Waals surface area contributed by atoms with Crippen molar-refractivity contribution in [1.82, 2.24) is 4.90 Å². The number of sulfone groups is 1. The summed E-state index contributed by atoms with van der Waals surface area (Å²) in [5.74, 6) is -1.18. The number of amides is 1. The molecule has 1 heterocycles. The van der Waals surface area contributed by atoms with Crippen LogP contribution >= 0.6 is 0 Å². The normalized spacial score (nSPS) is 14.0. The van der Waals surface area contributed by atoms with Crippen molar-refractivity contribution in [2.24, 2.45) is 0 Å². The maximum Gasteiger partial charge on any atom is 0.335 e. The van der Waals surface area contributed by atoms with Crippen molar-refractivity contribution >= 4 is 21.7 Å². The molecule has 1 N–H and O–H groups in total. The molecule has 1 amide bonds. The lowest BCUT2D eigenvalue weighted by Crippen LogP contribution is -2.36. The van der Waals surface area contributed by atoms with Crippen molar-refractivity contribution in [3.8, 4) is 0 Å². The molecule has 2 aromatic rings. The summed E-state index contributed by atoms with van der Waals surface area (Å²) < 4.78 is 23.7. The first-order valence-electron chi connectivity index (χ1n) is 8.29. The van der Waals surface area contributed by atoms with Crippen molar-refractivity contribution < 1.29 is 23.1 Å². The SMILES string of the molecule is CCS(=O)(=O)c1ccc(C(=O)N2CCc3ccc(C(=O)O)cc3C2)cc1. The smallest absolute Gasteiger partial charge is 0.335 e. The van der Waals surface area contributed by atoms with Crippen LogP contribution in [0, 0.1) is 0 Å². The Bertz CT molecular complexity index is 964. The van der Waals surface area contributed by atoms with E-state index in [0.717, 1.165) is 11.1 Å². The van der Waals surface area contributed by atoms with Crippen molar-refractivity contribution in [2.75, 3.05) is 12.3 Å². The third kappa shape index (κ3) is 3.48. The van der Waals surface area contributed by atoms with E-state index in [-0.39, 0.29) is 22.1 Å². The van der Waals surface area contributed by atoms with Gasteiger partial charge in [-0.15, -0.1) is 0 Å². The van der Waals surface area contributed by atoms with Gasteiger partial charge in [-0.2, -0.15) is 0 Å². The van der Waals surface area contributed by atoms with Gasteiger partial charge in [-0.1, -0.05) is 13.0 Å². The molecule has 3 rings (SSSR count). The number of carbonyl (C=O) groups is 2. The molecule has 6 nitrogen and oxygen atoms in total. The number of carboxylic acids is 1. The highest BCUT2D eigenvalue weighted by Crippen LogP contribution is 2.22. The van der Waals surface area contributed by atoms with Crippen LogP contribution < -0.4 is 0 Å². The molecule has 26 heavy (non-hydrogen) atoms. The van der Waals surface area contributed by atoms with Crippen LogP contribution in [0.3, 0.4) is 0 Å². The molecule has 0 saturated carbocycles. The minimum atomic E-state index is -3.30. The molecular formula is C19H19NO5S. The van der Waals surface area contributed by atoms with Crippen LogP contribution in [0.15, 0.2) is 47.4 Å². The summed E-state index contributed by atoms with van der Waals surface area (Å²) in [5.41, 5.74) is 2.49. The van der Waals surface area contributed by atoms with Gasteiger partial charge in [0.15, 0.2) is 9.84 Å². The molecule has 0 aliphatic carbocycles. The van der Waals surface area contributed by atoms with Crippen LogP contribution in [0.1, 0.15) is 38.8 Å². The molecule has 2 aromatic carbocycles. The number of fused-ring (bicyclic) bond motifs is 1. The molecule has 0 unspecified atom stereocenters. The van der Waals surface area contributed by atoms with E-state index in [9.17, 15) is 18.0 Å². The monoisotopic (exact) mass is 373 g/mol. The molecule has 1 aliphatic rings. The summed E-state index contributed by atoms with van der Waals surface area (Å²) in [6.07, 6.45) is 0.656. The Balaban J connectivity index is 1.81. The molecular weight excluding hydrogens is 354 g/mol. The number of hydrogen-bond donors (Lipinski definition) is 1. The van der Waals surface area contributed by atoms with Gasteiger partial charge in [0, 0.05) is 18.7 Å². The van der Waals surface area contributed by atoms with Gasteiger partial charge in [-0.3, -0.25) is 4.79 Å². The number of hydrogen-bond acceptors (Lipinski definition) is 4. The van der Waals surface area contributed by atoms with E-state index in [0.29, 0.717) is 25.1 Å². The largest absolute Gasteiger partial charge is 0.478 e. The molecule has 0 fully saturated rings. The predicted octanol–water partition coefficient (Wildman–Crippen LogP) is 2.38. The summed E-state index contributed by atoms with van der Waals surface area (Å²) in [6.45, 7) is 2.45. The van der Waals surface area contributed by atoms with Crippen molar-refractivity contribution in [3.63, 3.8) is 0 Å². The second kappa shape index (κ2) is 6.92. The topological polar surface area (TPSA) is 91.8 Å². The first-order chi connectivity index (χ1) is 12.3. The highest BCUT2D eigenvalue weighted by molar-refractivity contribution is 7.91. The van der Waals surface area contributed by atoms with Crippen molar-refractivity contribution in [3.05, 3.63) is 64.7 Å². The van der Waals surface area contributed by atoms with E-state index in [1.54, 1.807) is 30.0 Å². The second-order valence-electron chi connectivity index (χ2n) is 6.19. The fourth-order valence-electron chi connectivity index (χ4n) is 3.02. The summed E-state index contributed by atoms with van der Waals surface area (Å²) in [7, 11) is -3.30. The van der Waals surface area contributed by atoms with Crippen molar-refractivity contribution in [2.45, 2.75) is 24.8 Å². The molecule has 0 saturated heterocycles. The number of nitrogens with zero attached hydrogens (tertiary/aromatic N) is 1. The third-order valence-corrected chi connectivity index (χ3v) is 6.34. The fourth-order valence-corrected chi connectivity index (χ4v) is 3.90. The lowest BCUT2D eigenvalue weighted by Gasteiger charge is -2.29. The Labute approximate surface area is 152 Å². The third-order valence-electron chi connectivity index (χ3n) is 4.59.